The third kappa shape index (κ3) is 2.77. The highest BCUT2D eigenvalue weighted by Crippen LogP contribution is 2.36. The maximum atomic E-state index is 12.9. The lowest BCUT2D eigenvalue weighted by Gasteiger charge is -2.39. The van der Waals surface area contributed by atoms with Crippen LogP contribution >= 0.6 is 0 Å². The zero-order chi connectivity index (χ0) is 18.3. The van der Waals surface area contributed by atoms with Crippen LogP contribution in [0.15, 0.2) is 42.5 Å². The maximum absolute atomic E-state index is 12.9. The molecule has 2 aliphatic rings. The SMILES string of the molecule is Cc1cccc(C(=O)N2CCN(c3ccc4c(c3)OCO4)C(=O)[C@H]2C)c1. The predicted octanol–water partition coefficient (Wildman–Crippen LogP) is 2.60. The van der Waals surface area contributed by atoms with Gasteiger partial charge in [-0.1, -0.05) is 17.7 Å². The van der Waals surface area contributed by atoms with E-state index in [4.69, 9.17) is 9.47 Å². The third-order valence-electron chi connectivity index (χ3n) is 4.85. The Bertz CT molecular complexity index is 880. The van der Waals surface area contributed by atoms with Crippen molar-refractivity contribution >= 4 is 17.5 Å². The van der Waals surface area contributed by atoms with E-state index >= 15 is 0 Å². The Morgan fingerprint density at radius 1 is 1.08 bits per heavy atom. The van der Waals surface area contributed by atoms with E-state index in [-0.39, 0.29) is 18.6 Å². The average Bonchev–Trinajstić information content (AvgIpc) is 3.11. The molecule has 26 heavy (non-hydrogen) atoms. The molecule has 0 N–H and O–H groups in total. The number of fused-ring (bicyclic) bond motifs is 1. The minimum atomic E-state index is -0.526. The Balaban J connectivity index is 1.54. The van der Waals surface area contributed by atoms with Gasteiger partial charge in [0.25, 0.3) is 5.91 Å². The second-order valence-electron chi connectivity index (χ2n) is 6.57. The van der Waals surface area contributed by atoms with Crippen molar-refractivity contribution in [3.05, 3.63) is 53.6 Å². The summed E-state index contributed by atoms with van der Waals surface area (Å²) < 4.78 is 10.7. The lowest BCUT2D eigenvalue weighted by atomic mass is 10.1. The van der Waals surface area contributed by atoms with E-state index in [1.807, 2.05) is 37.3 Å². The van der Waals surface area contributed by atoms with Gasteiger partial charge < -0.3 is 19.3 Å². The quantitative estimate of drug-likeness (QED) is 0.834. The van der Waals surface area contributed by atoms with Crippen LogP contribution in [0.5, 0.6) is 11.5 Å². The minimum absolute atomic E-state index is 0.101. The zero-order valence-electron chi connectivity index (χ0n) is 14.8. The molecular weight excluding hydrogens is 332 g/mol. The van der Waals surface area contributed by atoms with E-state index in [1.54, 1.807) is 28.9 Å². The third-order valence-corrected chi connectivity index (χ3v) is 4.85. The zero-order valence-corrected chi connectivity index (χ0v) is 14.8. The number of aryl methyl sites for hydroxylation is 1. The number of benzene rings is 2. The fourth-order valence-electron chi connectivity index (χ4n) is 3.40. The van der Waals surface area contributed by atoms with Crippen LogP contribution in [-0.2, 0) is 4.79 Å². The molecule has 2 amide bonds. The van der Waals surface area contributed by atoms with Gasteiger partial charge in [-0.3, -0.25) is 9.59 Å². The normalized spacial score (nSPS) is 19.0. The smallest absolute Gasteiger partial charge is 0.254 e. The molecule has 1 atom stereocenters. The Hall–Kier alpha value is -3.02. The molecule has 2 aromatic carbocycles. The van der Waals surface area contributed by atoms with Crippen LogP contribution in [0, 0.1) is 6.92 Å². The van der Waals surface area contributed by atoms with Gasteiger partial charge in [-0.15, -0.1) is 0 Å². The first kappa shape index (κ1) is 16.4. The van der Waals surface area contributed by atoms with Crippen LogP contribution in [-0.4, -0.2) is 42.6 Å². The number of nitrogens with zero attached hydrogens (tertiary/aromatic N) is 2. The topological polar surface area (TPSA) is 59.1 Å². The van der Waals surface area contributed by atoms with Crippen molar-refractivity contribution in [2.45, 2.75) is 19.9 Å². The van der Waals surface area contributed by atoms with E-state index in [0.29, 0.717) is 30.2 Å². The van der Waals surface area contributed by atoms with Crippen molar-refractivity contribution in [1.29, 1.82) is 0 Å². The summed E-state index contributed by atoms with van der Waals surface area (Å²) in [6, 6.07) is 12.4. The average molecular weight is 352 g/mol. The van der Waals surface area contributed by atoms with Crippen molar-refractivity contribution in [2.24, 2.45) is 0 Å². The van der Waals surface area contributed by atoms with E-state index in [9.17, 15) is 9.59 Å². The Morgan fingerprint density at radius 3 is 2.69 bits per heavy atom. The number of carbonyl (C=O) groups excluding carboxylic acids is 2. The summed E-state index contributed by atoms with van der Waals surface area (Å²) in [5.41, 5.74) is 2.39. The fourth-order valence-corrected chi connectivity index (χ4v) is 3.40. The first-order chi connectivity index (χ1) is 12.5. The van der Waals surface area contributed by atoms with Crippen molar-refractivity contribution in [3.8, 4) is 11.5 Å². The molecule has 2 aromatic rings. The van der Waals surface area contributed by atoms with E-state index in [2.05, 4.69) is 0 Å². The standard InChI is InChI=1S/C20H20N2O4/c1-13-4-3-5-15(10-13)20(24)21-8-9-22(19(23)14(21)2)16-6-7-17-18(11-16)26-12-25-17/h3-7,10-11,14H,8-9,12H2,1-2H3/t14-/m1/s1. The summed E-state index contributed by atoms with van der Waals surface area (Å²) in [6.45, 7) is 4.84. The van der Waals surface area contributed by atoms with Crippen LogP contribution in [0.25, 0.3) is 0 Å². The molecule has 0 aliphatic carbocycles. The second kappa shape index (κ2) is 6.37. The van der Waals surface area contributed by atoms with Gasteiger partial charge >= 0.3 is 0 Å². The van der Waals surface area contributed by atoms with Crippen LogP contribution in [0.4, 0.5) is 5.69 Å². The number of hydrogen-bond acceptors (Lipinski definition) is 4. The summed E-state index contributed by atoms with van der Waals surface area (Å²) in [4.78, 5) is 29.1. The highest BCUT2D eigenvalue weighted by atomic mass is 16.7. The lowest BCUT2D eigenvalue weighted by molar-refractivity contribution is -0.124. The van der Waals surface area contributed by atoms with Crippen molar-refractivity contribution < 1.29 is 19.1 Å². The molecule has 0 spiro atoms. The molecule has 4 rings (SSSR count). The van der Waals surface area contributed by atoms with E-state index < -0.39 is 6.04 Å². The summed E-state index contributed by atoms with van der Waals surface area (Å²) >= 11 is 0. The van der Waals surface area contributed by atoms with Gasteiger partial charge in [-0.05, 0) is 38.1 Å². The highest BCUT2D eigenvalue weighted by molar-refractivity contribution is 6.03. The summed E-state index contributed by atoms with van der Waals surface area (Å²) in [7, 11) is 0. The van der Waals surface area contributed by atoms with Crippen LogP contribution in [0.1, 0.15) is 22.8 Å². The molecule has 2 heterocycles. The van der Waals surface area contributed by atoms with Crippen LogP contribution < -0.4 is 14.4 Å². The lowest BCUT2D eigenvalue weighted by Crippen LogP contribution is -2.57. The number of ether oxygens (including phenoxy) is 2. The molecule has 0 aromatic heterocycles. The van der Waals surface area contributed by atoms with Gasteiger partial charge in [0.05, 0.1) is 0 Å². The first-order valence-electron chi connectivity index (χ1n) is 8.63. The second-order valence-corrected chi connectivity index (χ2v) is 6.57. The molecule has 0 bridgehead atoms. The van der Waals surface area contributed by atoms with Gasteiger partial charge in [0.15, 0.2) is 11.5 Å². The fraction of sp³-hybridized carbons (Fsp3) is 0.300. The molecule has 6 nitrogen and oxygen atoms in total. The minimum Gasteiger partial charge on any atom is -0.454 e. The number of piperazine rings is 1. The van der Waals surface area contributed by atoms with Gasteiger partial charge in [0.1, 0.15) is 6.04 Å². The number of anilines is 1. The molecule has 6 heteroatoms. The Morgan fingerprint density at radius 2 is 1.88 bits per heavy atom. The predicted molar refractivity (Wildman–Crippen MR) is 96.6 cm³/mol. The van der Waals surface area contributed by atoms with E-state index in [1.165, 1.54) is 0 Å². The maximum Gasteiger partial charge on any atom is 0.254 e. The molecule has 1 fully saturated rings. The number of rotatable bonds is 2. The van der Waals surface area contributed by atoms with Crippen molar-refractivity contribution in [2.75, 3.05) is 24.8 Å². The Labute approximate surface area is 151 Å². The van der Waals surface area contributed by atoms with Gasteiger partial charge in [0.2, 0.25) is 12.7 Å². The van der Waals surface area contributed by atoms with Crippen LogP contribution in [0.2, 0.25) is 0 Å². The van der Waals surface area contributed by atoms with Gasteiger partial charge in [0, 0.05) is 30.4 Å². The molecule has 2 aliphatic heterocycles. The number of carbonyl (C=O) groups is 2. The number of hydrogen-bond donors (Lipinski definition) is 0. The number of amides is 2. The van der Waals surface area contributed by atoms with Gasteiger partial charge in [-0.25, -0.2) is 0 Å². The molecule has 0 radical (unpaired) electrons. The molecule has 1 saturated heterocycles. The monoisotopic (exact) mass is 352 g/mol. The van der Waals surface area contributed by atoms with Crippen molar-refractivity contribution in [1.82, 2.24) is 4.90 Å². The first-order valence-corrected chi connectivity index (χ1v) is 8.63. The summed E-state index contributed by atoms with van der Waals surface area (Å²) in [5.74, 6) is 1.11. The van der Waals surface area contributed by atoms with Crippen LogP contribution in [0.3, 0.4) is 0 Å². The van der Waals surface area contributed by atoms with Crippen molar-refractivity contribution in [3.63, 3.8) is 0 Å². The molecular formula is C20H20N2O4. The molecule has 0 saturated carbocycles. The van der Waals surface area contributed by atoms with Gasteiger partial charge in [-0.2, -0.15) is 0 Å². The molecule has 134 valence electrons. The van der Waals surface area contributed by atoms with E-state index in [0.717, 1.165) is 11.3 Å². The molecule has 0 unspecified atom stereocenters. The Kier molecular flexibility index (Phi) is 4.03. The summed E-state index contributed by atoms with van der Waals surface area (Å²) in [6.07, 6.45) is 0. The summed E-state index contributed by atoms with van der Waals surface area (Å²) in [5, 5.41) is 0. The largest absolute Gasteiger partial charge is 0.454 e. The highest BCUT2D eigenvalue weighted by Gasteiger charge is 2.35.